The Bertz CT molecular complexity index is 1340. The quantitative estimate of drug-likeness (QED) is 0.340. The van der Waals surface area contributed by atoms with Gasteiger partial charge in [-0.15, -0.1) is 5.10 Å². The van der Waals surface area contributed by atoms with Gasteiger partial charge < -0.3 is 20.8 Å². The summed E-state index contributed by atoms with van der Waals surface area (Å²) in [6.07, 6.45) is -3.57. The molecule has 172 valence electrons. The van der Waals surface area contributed by atoms with Crippen molar-refractivity contribution in [1.82, 2.24) is 25.0 Å². The molecule has 1 aromatic carbocycles. The largest absolute Gasteiger partial charge is 0.618 e. The number of aromatic nitrogens is 6. The predicted octanol–water partition coefficient (Wildman–Crippen LogP) is 1.93. The first-order chi connectivity index (χ1) is 15.5. The maximum atomic E-state index is 13.2. The molecule has 0 fully saturated rings. The molecule has 33 heavy (non-hydrogen) atoms. The van der Waals surface area contributed by atoms with E-state index in [2.05, 4.69) is 20.3 Å². The van der Waals surface area contributed by atoms with Gasteiger partial charge in [-0.3, -0.25) is 0 Å². The number of ether oxygens (including phenoxy) is 1. The van der Waals surface area contributed by atoms with Crippen LogP contribution >= 0.6 is 0 Å². The van der Waals surface area contributed by atoms with Gasteiger partial charge in [-0.1, -0.05) is 17.3 Å². The minimum Gasteiger partial charge on any atom is -0.618 e. The summed E-state index contributed by atoms with van der Waals surface area (Å²) in [4.78, 5) is 8.43. The topological polar surface area (TPSA) is 139 Å². The van der Waals surface area contributed by atoms with Gasteiger partial charge in [-0.05, 0) is 19.1 Å². The fourth-order valence-corrected chi connectivity index (χ4v) is 3.32. The standard InChI is InChI=1S/C20H18F3N7O3/c1-19(31,20(21,22)23)15-8-3-5-11(30(15)32)9-29-10-13(27-28-29)16-12-6-4-7-14(33-2)17(12)26-18(24)25-16/h3-8,10,31H,9H2,1-2H3,(H2,24,25,26)/t19-/m0/s1. The molecule has 0 aliphatic rings. The van der Waals surface area contributed by atoms with Crippen molar-refractivity contribution in [3.05, 3.63) is 59.2 Å². The van der Waals surface area contributed by atoms with E-state index in [9.17, 15) is 23.5 Å². The van der Waals surface area contributed by atoms with Crippen LogP contribution in [0.15, 0.2) is 42.6 Å². The van der Waals surface area contributed by atoms with E-state index >= 15 is 0 Å². The Morgan fingerprint density at radius 2 is 1.91 bits per heavy atom. The van der Waals surface area contributed by atoms with Crippen molar-refractivity contribution >= 4 is 16.9 Å². The number of anilines is 1. The van der Waals surface area contributed by atoms with Gasteiger partial charge in [0.25, 0.3) is 0 Å². The summed E-state index contributed by atoms with van der Waals surface area (Å²) >= 11 is 0. The van der Waals surface area contributed by atoms with Gasteiger partial charge >= 0.3 is 6.18 Å². The Labute approximate surface area is 184 Å². The lowest BCUT2D eigenvalue weighted by molar-refractivity contribution is -0.635. The highest BCUT2D eigenvalue weighted by atomic mass is 19.4. The van der Waals surface area contributed by atoms with Crippen molar-refractivity contribution in [3.63, 3.8) is 0 Å². The maximum Gasteiger partial charge on any atom is 0.427 e. The monoisotopic (exact) mass is 461 g/mol. The molecule has 4 aromatic rings. The normalized spacial score (nSPS) is 13.8. The molecule has 0 spiro atoms. The zero-order valence-electron chi connectivity index (χ0n) is 17.4. The van der Waals surface area contributed by atoms with Crippen molar-refractivity contribution in [1.29, 1.82) is 0 Å². The maximum absolute atomic E-state index is 13.2. The Hall–Kier alpha value is -4.00. The number of alkyl halides is 3. The van der Waals surface area contributed by atoms with E-state index in [0.29, 0.717) is 35.0 Å². The van der Waals surface area contributed by atoms with E-state index in [-0.39, 0.29) is 22.9 Å². The number of nitrogen functional groups attached to an aromatic ring is 1. The zero-order chi connectivity index (χ0) is 24.0. The molecule has 0 aliphatic heterocycles. The van der Waals surface area contributed by atoms with Crippen LogP contribution in [0.3, 0.4) is 0 Å². The summed E-state index contributed by atoms with van der Waals surface area (Å²) in [6, 6.07) is 8.70. The second-order valence-corrected chi connectivity index (χ2v) is 7.35. The van der Waals surface area contributed by atoms with Crippen LogP contribution in [0.5, 0.6) is 5.75 Å². The predicted molar refractivity (Wildman–Crippen MR) is 110 cm³/mol. The summed E-state index contributed by atoms with van der Waals surface area (Å²) in [5.41, 5.74) is 2.72. The average molecular weight is 461 g/mol. The van der Waals surface area contributed by atoms with E-state index in [4.69, 9.17) is 10.5 Å². The third kappa shape index (κ3) is 3.86. The minimum atomic E-state index is -5.03. The van der Waals surface area contributed by atoms with Crippen molar-refractivity contribution in [3.8, 4) is 17.1 Å². The van der Waals surface area contributed by atoms with Gasteiger partial charge in [0.1, 0.15) is 29.2 Å². The smallest absolute Gasteiger partial charge is 0.427 e. The van der Waals surface area contributed by atoms with Gasteiger partial charge in [0.2, 0.25) is 22.9 Å². The molecular weight excluding hydrogens is 443 g/mol. The third-order valence-electron chi connectivity index (χ3n) is 5.11. The number of nitrogens with two attached hydrogens (primary N) is 1. The van der Waals surface area contributed by atoms with E-state index in [0.717, 1.165) is 6.07 Å². The fourth-order valence-electron chi connectivity index (χ4n) is 3.32. The molecule has 0 bridgehead atoms. The van der Waals surface area contributed by atoms with Crippen LogP contribution in [0, 0.1) is 5.21 Å². The van der Waals surface area contributed by atoms with Gasteiger partial charge in [-0.2, -0.15) is 17.9 Å². The number of pyridine rings is 1. The van der Waals surface area contributed by atoms with Crippen LogP contribution in [0.25, 0.3) is 22.3 Å². The van der Waals surface area contributed by atoms with E-state index in [1.165, 1.54) is 30.1 Å². The Morgan fingerprint density at radius 1 is 1.18 bits per heavy atom. The van der Waals surface area contributed by atoms with Crippen molar-refractivity contribution in [2.24, 2.45) is 0 Å². The molecule has 0 aliphatic carbocycles. The highest BCUT2D eigenvalue weighted by Crippen LogP contribution is 2.37. The first kappa shape index (κ1) is 22.2. The first-order valence-corrected chi connectivity index (χ1v) is 9.54. The summed E-state index contributed by atoms with van der Waals surface area (Å²) in [6.45, 7) is 0.313. The van der Waals surface area contributed by atoms with Crippen molar-refractivity contribution < 1.29 is 27.7 Å². The van der Waals surface area contributed by atoms with Crippen LogP contribution in [0.1, 0.15) is 18.3 Å². The van der Waals surface area contributed by atoms with Crippen LogP contribution in [0.4, 0.5) is 19.1 Å². The summed E-state index contributed by atoms with van der Waals surface area (Å²) in [7, 11) is 1.49. The second-order valence-electron chi connectivity index (χ2n) is 7.35. The zero-order valence-corrected chi connectivity index (χ0v) is 17.4. The summed E-state index contributed by atoms with van der Waals surface area (Å²) in [5.74, 6) is 0.465. The average Bonchev–Trinajstić information content (AvgIpc) is 3.21. The number of para-hydroxylation sites is 1. The second kappa shape index (κ2) is 7.85. The third-order valence-corrected chi connectivity index (χ3v) is 5.11. The molecular formula is C20H18F3N7O3. The Kier molecular flexibility index (Phi) is 5.28. The number of aliphatic hydroxyl groups is 1. The number of hydrogen-bond donors (Lipinski definition) is 2. The fraction of sp³-hybridized carbons (Fsp3) is 0.250. The molecule has 0 radical (unpaired) electrons. The lowest BCUT2D eigenvalue weighted by Crippen LogP contribution is -2.50. The lowest BCUT2D eigenvalue weighted by atomic mass is 10.0. The van der Waals surface area contributed by atoms with E-state index < -0.39 is 17.5 Å². The molecule has 4 rings (SSSR count). The number of fused-ring (bicyclic) bond motifs is 1. The molecule has 1 atom stereocenters. The number of nitrogens with zero attached hydrogens (tertiary/aromatic N) is 6. The molecule has 0 saturated carbocycles. The SMILES string of the molecule is COc1cccc2c(-c3cn(Cc4cccc([C@](C)(O)C(F)(F)F)[n+]4[O-])nn3)nc(N)nc12. The number of rotatable bonds is 5. The lowest BCUT2D eigenvalue weighted by Gasteiger charge is -2.25. The van der Waals surface area contributed by atoms with Gasteiger partial charge in [-0.25, -0.2) is 14.6 Å². The van der Waals surface area contributed by atoms with E-state index in [1.807, 2.05) is 0 Å². The van der Waals surface area contributed by atoms with Gasteiger partial charge in [0.15, 0.2) is 0 Å². The van der Waals surface area contributed by atoms with Crippen LogP contribution < -0.4 is 15.2 Å². The summed E-state index contributed by atoms with van der Waals surface area (Å²) < 4.78 is 46.2. The van der Waals surface area contributed by atoms with Crippen LogP contribution in [0.2, 0.25) is 0 Å². The number of methoxy groups -OCH3 is 1. The Balaban J connectivity index is 1.72. The summed E-state index contributed by atoms with van der Waals surface area (Å²) in [5, 5.41) is 31.1. The number of hydrogen-bond acceptors (Lipinski definition) is 8. The van der Waals surface area contributed by atoms with Crippen molar-refractivity contribution in [2.75, 3.05) is 12.8 Å². The molecule has 3 aromatic heterocycles. The highest BCUT2D eigenvalue weighted by molar-refractivity contribution is 5.95. The molecule has 10 nitrogen and oxygen atoms in total. The first-order valence-electron chi connectivity index (χ1n) is 9.54. The van der Waals surface area contributed by atoms with Crippen molar-refractivity contribution in [2.45, 2.75) is 25.2 Å². The number of benzene rings is 1. The molecule has 0 saturated heterocycles. The van der Waals surface area contributed by atoms with E-state index in [1.54, 1.807) is 18.2 Å². The van der Waals surface area contributed by atoms with Gasteiger partial charge in [0, 0.05) is 17.5 Å². The minimum absolute atomic E-state index is 0.0176. The molecule has 13 heteroatoms. The van der Waals surface area contributed by atoms with Crippen LogP contribution in [-0.2, 0) is 12.1 Å². The Morgan fingerprint density at radius 3 is 2.61 bits per heavy atom. The highest BCUT2D eigenvalue weighted by Gasteiger charge is 2.56. The molecule has 0 unspecified atom stereocenters. The van der Waals surface area contributed by atoms with Crippen LogP contribution in [-0.4, -0.2) is 43.4 Å². The molecule has 0 amide bonds. The van der Waals surface area contributed by atoms with Gasteiger partial charge in [0.05, 0.1) is 13.3 Å². The molecule has 3 N–H and O–H groups in total. The molecule has 3 heterocycles. The number of halogens is 3.